The van der Waals surface area contributed by atoms with E-state index in [0.29, 0.717) is 12.5 Å². The molecule has 0 bridgehead atoms. The van der Waals surface area contributed by atoms with Crippen LogP contribution in [0.1, 0.15) is 51.4 Å². The largest absolute Gasteiger partial charge is 0.352 e. The average molecular weight is 264 g/mol. The molecule has 2 rings (SSSR count). The standard InChI is InChI=1S/C16H28N2O/c1-2-7-16(19)17-15-10-6-11-18(13-15)12-14-8-4-3-5-9-14/h2,14-15H,1,3-13H2,(H,17,19)/t15-/m1/s1. The number of hydrogen-bond acceptors (Lipinski definition) is 2. The Labute approximate surface area is 117 Å². The van der Waals surface area contributed by atoms with Crippen molar-refractivity contribution in [1.29, 1.82) is 0 Å². The van der Waals surface area contributed by atoms with E-state index in [2.05, 4.69) is 16.8 Å². The predicted molar refractivity (Wildman–Crippen MR) is 79.0 cm³/mol. The summed E-state index contributed by atoms with van der Waals surface area (Å²) in [6.07, 6.45) is 11.5. The summed E-state index contributed by atoms with van der Waals surface area (Å²) in [5.41, 5.74) is 0. The molecule has 1 aliphatic heterocycles. The van der Waals surface area contributed by atoms with E-state index in [9.17, 15) is 4.79 Å². The Hall–Kier alpha value is -0.830. The summed E-state index contributed by atoms with van der Waals surface area (Å²) >= 11 is 0. The first kappa shape index (κ1) is 14.6. The highest BCUT2D eigenvalue weighted by molar-refractivity contribution is 5.77. The van der Waals surface area contributed by atoms with Crippen LogP contribution in [0.2, 0.25) is 0 Å². The second-order valence-corrected chi connectivity index (χ2v) is 6.16. The molecule has 1 amide bonds. The molecule has 2 aliphatic rings. The summed E-state index contributed by atoms with van der Waals surface area (Å²) in [5.74, 6) is 1.02. The minimum absolute atomic E-state index is 0.125. The molecule has 1 saturated carbocycles. The van der Waals surface area contributed by atoms with Crippen molar-refractivity contribution in [3.63, 3.8) is 0 Å². The van der Waals surface area contributed by atoms with Gasteiger partial charge in [-0.05, 0) is 38.1 Å². The first-order chi connectivity index (χ1) is 9.28. The van der Waals surface area contributed by atoms with Gasteiger partial charge in [-0.15, -0.1) is 6.58 Å². The normalized spacial score (nSPS) is 26.0. The zero-order valence-corrected chi connectivity index (χ0v) is 12.1. The zero-order chi connectivity index (χ0) is 13.5. The van der Waals surface area contributed by atoms with Gasteiger partial charge in [0.05, 0.1) is 0 Å². The van der Waals surface area contributed by atoms with Crippen LogP contribution in [-0.2, 0) is 4.79 Å². The van der Waals surface area contributed by atoms with Crippen LogP contribution in [0.25, 0.3) is 0 Å². The lowest BCUT2D eigenvalue weighted by Gasteiger charge is -2.36. The van der Waals surface area contributed by atoms with Gasteiger partial charge in [-0.3, -0.25) is 4.79 Å². The average Bonchev–Trinajstić information content (AvgIpc) is 2.40. The third-order valence-corrected chi connectivity index (χ3v) is 4.44. The highest BCUT2D eigenvalue weighted by atomic mass is 16.1. The van der Waals surface area contributed by atoms with E-state index < -0.39 is 0 Å². The molecule has 19 heavy (non-hydrogen) atoms. The fourth-order valence-electron chi connectivity index (χ4n) is 3.49. The van der Waals surface area contributed by atoms with Gasteiger partial charge in [-0.1, -0.05) is 25.3 Å². The summed E-state index contributed by atoms with van der Waals surface area (Å²) in [6.45, 7) is 7.11. The number of nitrogens with one attached hydrogen (secondary N) is 1. The molecule has 0 spiro atoms. The monoisotopic (exact) mass is 264 g/mol. The minimum Gasteiger partial charge on any atom is -0.352 e. The molecule has 1 N–H and O–H groups in total. The molecular formula is C16H28N2O. The number of rotatable bonds is 5. The van der Waals surface area contributed by atoms with Gasteiger partial charge in [-0.25, -0.2) is 0 Å². The van der Waals surface area contributed by atoms with Crippen LogP contribution < -0.4 is 5.32 Å². The number of nitrogens with zero attached hydrogens (tertiary/aromatic N) is 1. The summed E-state index contributed by atoms with van der Waals surface area (Å²) in [6, 6.07) is 0.352. The topological polar surface area (TPSA) is 32.3 Å². The van der Waals surface area contributed by atoms with Crippen molar-refractivity contribution in [3.8, 4) is 0 Å². The molecule has 1 aliphatic carbocycles. The quantitative estimate of drug-likeness (QED) is 0.774. The Kier molecular flexibility index (Phi) is 5.90. The Morgan fingerprint density at radius 2 is 2.00 bits per heavy atom. The van der Waals surface area contributed by atoms with Gasteiger partial charge in [0.15, 0.2) is 0 Å². The molecule has 108 valence electrons. The minimum atomic E-state index is 0.125. The fourth-order valence-corrected chi connectivity index (χ4v) is 3.49. The van der Waals surface area contributed by atoms with E-state index in [-0.39, 0.29) is 5.91 Å². The Bertz CT molecular complexity index is 297. The lowest BCUT2D eigenvalue weighted by Crippen LogP contribution is -2.48. The lowest BCUT2D eigenvalue weighted by molar-refractivity contribution is -0.121. The maximum Gasteiger partial charge on any atom is 0.224 e. The molecule has 2 fully saturated rings. The third kappa shape index (κ3) is 4.98. The van der Waals surface area contributed by atoms with E-state index in [1.807, 2.05) is 0 Å². The first-order valence-corrected chi connectivity index (χ1v) is 7.90. The second-order valence-electron chi connectivity index (χ2n) is 6.16. The predicted octanol–water partition coefficient (Wildman–Crippen LogP) is 2.72. The van der Waals surface area contributed by atoms with E-state index in [1.54, 1.807) is 6.08 Å². The highest BCUT2D eigenvalue weighted by Crippen LogP contribution is 2.25. The second kappa shape index (κ2) is 7.68. The van der Waals surface area contributed by atoms with Crippen LogP contribution >= 0.6 is 0 Å². The summed E-state index contributed by atoms with van der Waals surface area (Å²) in [4.78, 5) is 14.2. The molecule has 0 aromatic carbocycles. The Balaban J connectivity index is 1.73. The molecule has 3 nitrogen and oxygen atoms in total. The number of hydrogen-bond donors (Lipinski definition) is 1. The highest BCUT2D eigenvalue weighted by Gasteiger charge is 2.23. The Morgan fingerprint density at radius 1 is 1.21 bits per heavy atom. The molecule has 0 aromatic heterocycles. The molecule has 3 heteroatoms. The zero-order valence-electron chi connectivity index (χ0n) is 12.1. The van der Waals surface area contributed by atoms with Gasteiger partial charge in [0, 0.05) is 25.6 Å². The van der Waals surface area contributed by atoms with Crippen LogP contribution in [0.5, 0.6) is 0 Å². The summed E-state index contributed by atoms with van der Waals surface area (Å²) < 4.78 is 0. The maximum absolute atomic E-state index is 11.6. The van der Waals surface area contributed by atoms with Gasteiger partial charge < -0.3 is 10.2 Å². The first-order valence-electron chi connectivity index (χ1n) is 7.90. The van der Waals surface area contributed by atoms with E-state index in [0.717, 1.165) is 18.9 Å². The smallest absolute Gasteiger partial charge is 0.224 e. The van der Waals surface area contributed by atoms with E-state index in [1.165, 1.54) is 51.6 Å². The molecule has 0 aromatic rings. The van der Waals surface area contributed by atoms with Crippen molar-refractivity contribution < 1.29 is 4.79 Å². The van der Waals surface area contributed by atoms with Gasteiger partial charge in [0.2, 0.25) is 5.91 Å². The van der Waals surface area contributed by atoms with Crippen molar-refractivity contribution >= 4 is 5.91 Å². The third-order valence-electron chi connectivity index (χ3n) is 4.44. The van der Waals surface area contributed by atoms with Crippen LogP contribution in [0.3, 0.4) is 0 Å². The van der Waals surface area contributed by atoms with E-state index in [4.69, 9.17) is 0 Å². The number of likely N-dealkylation sites (tertiary alicyclic amines) is 1. The molecule has 1 saturated heterocycles. The van der Waals surface area contributed by atoms with E-state index >= 15 is 0 Å². The number of amides is 1. The fraction of sp³-hybridized carbons (Fsp3) is 0.812. The molecule has 0 radical (unpaired) electrons. The summed E-state index contributed by atoms with van der Waals surface area (Å²) in [5, 5.41) is 3.14. The molecule has 1 atom stereocenters. The molecule has 0 unspecified atom stereocenters. The lowest BCUT2D eigenvalue weighted by atomic mass is 9.88. The Morgan fingerprint density at radius 3 is 2.74 bits per heavy atom. The van der Waals surface area contributed by atoms with Crippen LogP contribution in [0.15, 0.2) is 12.7 Å². The SMILES string of the molecule is C=CCC(=O)N[C@@H]1CCCN(CC2CCCCC2)C1. The van der Waals surface area contributed by atoms with Gasteiger partial charge in [0.1, 0.15) is 0 Å². The van der Waals surface area contributed by atoms with Crippen LogP contribution in [0, 0.1) is 5.92 Å². The van der Waals surface area contributed by atoms with Crippen LogP contribution in [-0.4, -0.2) is 36.5 Å². The number of carbonyl (C=O) groups is 1. The van der Waals surface area contributed by atoms with Crippen molar-refractivity contribution in [3.05, 3.63) is 12.7 Å². The van der Waals surface area contributed by atoms with Crippen molar-refractivity contribution in [2.24, 2.45) is 5.92 Å². The van der Waals surface area contributed by atoms with Crippen LogP contribution in [0.4, 0.5) is 0 Å². The molecular weight excluding hydrogens is 236 g/mol. The number of piperidine rings is 1. The summed E-state index contributed by atoms with van der Waals surface area (Å²) in [7, 11) is 0. The van der Waals surface area contributed by atoms with Gasteiger partial charge >= 0.3 is 0 Å². The van der Waals surface area contributed by atoms with Crippen molar-refractivity contribution in [2.45, 2.75) is 57.4 Å². The van der Waals surface area contributed by atoms with Crippen molar-refractivity contribution in [1.82, 2.24) is 10.2 Å². The molecule has 1 heterocycles. The maximum atomic E-state index is 11.6. The van der Waals surface area contributed by atoms with Gasteiger partial charge in [-0.2, -0.15) is 0 Å². The number of carbonyl (C=O) groups excluding carboxylic acids is 1. The van der Waals surface area contributed by atoms with Crippen molar-refractivity contribution in [2.75, 3.05) is 19.6 Å². The van der Waals surface area contributed by atoms with Gasteiger partial charge in [0.25, 0.3) is 0 Å².